The molecule has 0 bridgehead atoms. The Morgan fingerprint density at radius 3 is 2.48 bits per heavy atom. The lowest BCUT2D eigenvalue weighted by Crippen LogP contribution is -2.32. The number of nitriles is 1. The summed E-state index contributed by atoms with van der Waals surface area (Å²) in [4.78, 5) is 25.9. The normalized spacial score (nSPS) is 11.2. The fraction of sp³-hybridized carbons (Fsp3) is 0.174. The number of aliphatic carboxylic acids is 1. The maximum Gasteiger partial charge on any atom is 0.323 e. The predicted molar refractivity (Wildman–Crippen MR) is 112 cm³/mol. The summed E-state index contributed by atoms with van der Waals surface area (Å²) < 4.78 is 1.60. The van der Waals surface area contributed by atoms with E-state index in [2.05, 4.69) is 0 Å². The highest BCUT2D eigenvalue weighted by Gasteiger charge is 2.20. The van der Waals surface area contributed by atoms with E-state index in [1.807, 2.05) is 67.6 Å². The Bertz CT molecular complexity index is 1110. The molecular formula is C23H21N3O3. The predicted octanol–water partition coefficient (Wildman–Crippen LogP) is 4.08. The zero-order valence-electron chi connectivity index (χ0n) is 16.1. The molecule has 1 aromatic heterocycles. The van der Waals surface area contributed by atoms with Gasteiger partial charge in [-0.3, -0.25) is 9.59 Å². The molecular weight excluding hydrogens is 366 g/mol. The molecule has 6 heteroatoms. The van der Waals surface area contributed by atoms with Gasteiger partial charge in [-0.05, 0) is 30.7 Å². The van der Waals surface area contributed by atoms with Gasteiger partial charge in [0.1, 0.15) is 18.2 Å². The van der Waals surface area contributed by atoms with E-state index in [1.54, 1.807) is 15.7 Å². The first kappa shape index (κ1) is 19.9. The van der Waals surface area contributed by atoms with Crippen LogP contribution in [0.1, 0.15) is 18.9 Å². The minimum atomic E-state index is -0.962. The van der Waals surface area contributed by atoms with Crippen molar-refractivity contribution in [3.8, 4) is 6.07 Å². The van der Waals surface area contributed by atoms with Gasteiger partial charge in [-0.25, -0.2) is 0 Å². The van der Waals surface area contributed by atoms with Crippen molar-refractivity contribution in [3.05, 3.63) is 71.9 Å². The molecule has 0 aliphatic heterocycles. The largest absolute Gasteiger partial charge is 0.480 e. The summed E-state index contributed by atoms with van der Waals surface area (Å²) in [7, 11) is 0. The highest BCUT2D eigenvalue weighted by atomic mass is 16.4. The van der Waals surface area contributed by atoms with Crippen molar-refractivity contribution in [2.75, 3.05) is 11.4 Å². The summed E-state index contributed by atoms with van der Waals surface area (Å²) in [6, 6.07) is 18.6. The first-order valence-electron chi connectivity index (χ1n) is 9.33. The number of rotatable bonds is 7. The van der Waals surface area contributed by atoms with Crippen LogP contribution in [0.15, 0.2) is 66.4 Å². The van der Waals surface area contributed by atoms with E-state index in [9.17, 15) is 14.9 Å². The minimum absolute atomic E-state index is 0.000492. The Morgan fingerprint density at radius 1 is 1.14 bits per heavy atom. The second-order valence-corrected chi connectivity index (χ2v) is 6.59. The van der Waals surface area contributed by atoms with Crippen molar-refractivity contribution in [3.63, 3.8) is 0 Å². The average Bonchev–Trinajstić information content (AvgIpc) is 3.07. The van der Waals surface area contributed by atoms with E-state index in [1.165, 1.54) is 6.08 Å². The van der Waals surface area contributed by atoms with Crippen LogP contribution in [0.25, 0.3) is 17.0 Å². The van der Waals surface area contributed by atoms with Crippen molar-refractivity contribution in [1.82, 2.24) is 4.57 Å². The molecule has 1 heterocycles. The Morgan fingerprint density at radius 2 is 1.83 bits per heavy atom. The first-order valence-corrected chi connectivity index (χ1v) is 9.33. The van der Waals surface area contributed by atoms with Crippen molar-refractivity contribution in [2.45, 2.75) is 19.9 Å². The molecule has 3 rings (SSSR count). The van der Waals surface area contributed by atoms with Gasteiger partial charge in [-0.2, -0.15) is 5.26 Å². The number of amides is 1. The molecule has 146 valence electrons. The van der Waals surface area contributed by atoms with Crippen LogP contribution < -0.4 is 4.90 Å². The van der Waals surface area contributed by atoms with Crippen LogP contribution >= 0.6 is 0 Å². The monoisotopic (exact) mass is 387 g/mol. The van der Waals surface area contributed by atoms with E-state index < -0.39 is 5.97 Å². The molecule has 0 fully saturated rings. The van der Waals surface area contributed by atoms with Crippen LogP contribution in [-0.2, 0) is 16.1 Å². The summed E-state index contributed by atoms with van der Waals surface area (Å²) in [5.41, 5.74) is 2.10. The van der Waals surface area contributed by atoms with Crippen LogP contribution in [0.4, 0.5) is 5.69 Å². The topological polar surface area (TPSA) is 86.3 Å². The second-order valence-electron chi connectivity index (χ2n) is 6.59. The highest BCUT2D eigenvalue weighted by molar-refractivity contribution is 6.12. The van der Waals surface area contributed by atoms with Gasteiger partial charge in [0.2, 0.25) is 0 Å². The molecule has 0 radical (unpaired) electrons. The van der Waals surface area contributed by atoms with Crippen molar-refractivity contribution in [1.29, 1.82) is 5.26 Å². The number of fused-ring (bicyclic) bond motifs is 1. The number of hydrogen-bond donors (Lipinski definition) is 1. The van der Waals surface area contributed by atoms with E-state index in [0.29, 0.717) is 12.1 Å². The fourth-order valence-electron chi connectivity index (χ4n) is 3.29. The minimum Gasteiger partial charge on any atom is -0.480 e. The zero-order chi connectivity index (χ0) is 20.8. The molecule has 1 N–H and O–H groups in total. The Kier molecular flexibility index (Phi) is 6.10. The molecule has 0 atom stereocenters. The zero-order valence-corrected chi connectivity index (χ0v) is 16.1. The van der Waals surface area contributed by atoms with Gasteiger partial charge in [0.05, 0.1) is 0 Å². The smallest absolute Gasteiger partial charge is 0.323 e. The SMILES string of the molecule is CCCN(C(=O)C(C#N)=Cc1cn(CC(=O)O)c2ccccc12)c1ccccc1. The number of carbonyl (C=O) groups is 2. The summed E-state index contributed by atoms with van der Waals surface area (Å²) in [5.74, 6) is -1.34. The van der Waals surface area contributed by atoms with E-state index >= 15 is 0 Å². The van der Waals surface area contributed by atoms with Crippen LogP contribution in [0, 0.1) is 11.3 Å². The Labute approximate surface area is 168 Å². The van der Waals surface area contributed by atoms with Crippen LogP contribution in [0.5, 0.6) is 0 Å². The maximum atomic E-state index is 13.1. The van der Waals surface area contributed by atoms with Gasteiger partial charge in [-0.15, -0.1) is 0 Å². The van der Waals surface area contributed by atoms with Crippen molar-refractivity contribution in [2.24, 2.45) is 0 Å². The Balaban J connectivity index is 2.04. The lowest BCUT2D eigenvalue weighted by Gasteiger charge is -2.21. The number of anilines is 1. The average molecular weight is 387 g/mol. The van der Waals surface area contributed by atoms with Crippen LogP contribution in [0.3, 0.4) is 0 Å². The molecule has 0 saturated heterocycles. The van der Waals surface area contributed by atoms with Crippen molar-refractivity contribution < 1.29 is 14.7 Å². The van der Waals surface area contributed by atoms with Crippen LogP contribution in [-0.4, -0.2) is 28.1 Å². The second kappa shape index (κ2) is 8.89. The fourth-order valence-corrected chi connectivity index (χ4v) is 3.29. The lowest BCUT2D eigenvalue weighted by molar-refractivity contribution is -0.137. The number of carboxylic acid groups (broad SMARTS) is 1. The molecule has 0 unspecified atom stereocenters. The molecule has 6 nitrogen and oxygen atoms in total. The molecule has 0 spiro atoms. The molecule has 0 saturated carbocycles. The van der Waals surface area contributed by atoms with Gasteiger partial charge in [0.15, 0.2) is 0 Å². The Hall–Kier alpha value is -3.85. The lowest BCUT2D eigenvalue weighted by atomic mass is 10.1. The first-order chi connectivity index (χ1) is 14.0. The number of benzene rings is 2. The number of nitrogens with zero attached hydrogens (tertiary/aromatic N) is 3. The third-order valence-corrected chi connectivity index (χ3v) is 4.54. The van der Waals surface area contributed by atoms with Gasteiger partial charge in [-0.1, -0.05) is 43.3 Å². The van der Waals surface area contributed by atoms with Gasteiger partial charge >= 0.3 is 5.97 Å². The quantitative estimate of drug-likeness (QED) is 0.489. The molecule has 0 aliphatic rings. The summed E-state index contributed by atoms with van der Waals surface area (Å²) in [6.45, 7) is 2.26. The highest BCUT2D eigenvalue weighted by Crippen LogP contribution is 2.25. The van der Waals surface area contributed by atoms with Crippen molar-refractivity contribution >= 4 is 34.5 Å². The van der Waals surface area contributed by atoms with E-state index in [0.717, 1.165) is 23.0 Å². The molecule has 3 aromatic rings. The molecule has 2 aromatic carbocycles. The standard InChI is InChI=1S/C23H21N3O3/c1-2-12-26(19-8-4-3-5-9-19)23(29)17(14-24)13-18-15-25(16-22(27)28)21-11-7-6-10-20(18)21/h3-11,13,15H,2,12,16H2,1H3,(H,27,28). The van der Waals surface area contributed by atoms with Gasteiger partial charge in [0.25, 0.3) is 5.91 Å². The van der Waals surface area contributed by atoms with E-state index in [-0.39, 0.29) is 18.0 Å². The van der Waals surface area contributed by atoms with Crippen LogP contribution in [0.2, 0.25) is 0 Å². The third kappa shape index (κ3) is 4.36. The summed E-state index contributed by atoms with van der Waals surface area (Å²) in [6.07, 6.45) is 3.95. The number of carboxylic acids is 1. The number of aromatic nitrogens is 1. The number of hydrogen-bond acceptors (Lipinski definition) is 3. The number of para-hydroxylation sites is 2. The summed E-state index contributed by atoms with van der Waals surface area (Å²) >= 11 is 0. The van der Waals surface area contributed by atoms with Gasteiger partial charge in [0, 0.05) is 34.9 Å². The maximum absolute atomic E-state index is 13.1. The van der Waals surface area contributed by atoms with Gasteiger partial charge < -0.3 is 14.6 Å². The summed E-state index contributed by atoms with van der Waals surface area (Å²) in [5, 5.41) is 19.6. The molecule has 1 amide bonds. The number of carbonyl (C=O) groups excluding carboxylic acids is 1. The van der Waals surface area contributed by atoms with E-state index in [4.69, 9.17) is 5.11 Å². The molecule has 29 heavy (non-hydrogen) atoms. The third-order valence-electron chi connectivity index (χ3n) is 4.54. The molecule has 0 aliphatic carbocycles.